The van der Waals surface area contributed by atoms with Gasteiger partial charge in [0, 0.05) is 12.6 Å². The lowest BCUT2D eigenvalue weighted by Gasteiger charge is -2.12. The Morgan fingerprint density at radius 2 is 1.93 bits per heavy atom. The third-order valence-electron chi connectivity index (χ3n) is 3.90. The maximum absolute atomic E-state index is 13.7. The number of anilines is 1. The quantitative estimate of drug-likeness (QED) is 0.614. The molecular weight excluding hydrogens is 386 g/mol. The van der Waals surface area contributed by atoms with E-state index in [9.17, 15) is 22.4 Å². The predicted molar refractivity (Wildman–Crippen MR) is 92.9 cm³/mol. The molecule has 0 atom stereocenters. The van der Waals surface area contributed by atoms with Gasteiger partial charge in [-0.05, 0) is 35.9 Å². The summed E-state index contributed by atoms with van der Waals surface area (Å²) < 4.78 is 54.3. The highest BCUT2D eigenvalue weighted by molar-refractivity contribution is 6.31. The fourth-order valence-corrected chi connectivity index (χ4v) is 2.79. The standard InChI is InChI=1S/C18H12ClF4N3O/c1-26-16(17(22)23)12(8-24-26)18(27)25-15-7-10(20)3-4-11(15)9-2-5-14(21)13(19)6-9/h2-8,17H,1H3,(H,25,27). The zero-order valence-corrected chi connectivity index (χ0v) is 14.6. The van der Waals surface area contributed by atoms with Crippen LogP contribution in [0.25, 0.3) is 11.1 Å². The Balaban J connectivity index is 2.01. The number of nitrogens with zero attached hydrogens (tertiary/aromatic N) is 2. The van der Waals surface area contributed by atoms with Gasteiger partial charge in [-0.15, -0.1) is 0 Å². The molecule has 0 aliphatic heterocycles. The Morgan fingerprint density at radius 1 is 1.19 bits per heavy atom. The van der Waals surface area contributed by atoms with Crippen LogP contribution >= 0.6 is 11.6 Å². The summed E-state index contributed by atoms with van der Waals surface area (Å²) in [4.78, 5) is 12.5. The second kappa shape index (κ2) is 7.40. The summed E-state index contributed by atoms with van der Waals surface area (Å²) in [5.41, 5.74) is -0.118. The van der Waals surface area contributed by atoms with E-state index in [1.54, 1.807) is 0 Å². The first-order valence-corrected chi connectivity index (χ1v) is 8.02. The van der Waals surface area contributed by atoms with Crippen molar-refractivity contribution in [2.24, 2.45) is 7.05 Å². The Kier molecular flexibility index (Phi) is 5.18. The van der Waals surface area contributed by atoms with E-state index in [4.69, 9.17) is 11.6 Å². The van der Waals surface area contributed by atoms with Crippen LogP contribution in [0.4, 0.5) is 23.2 Å². The Bertz CT molecular complexity index is 1020. The smallest absolute Gasteiger partial charge is 0.280 e. The molecule has 0 saturated carbocycles. The van der Waals surface area contributed by atoms with Gasteiger partial charge in [-0.1, -0.05) is 17.7 Å². The minimum absolute atomic E-state index is 0.0201. The minimum atomic E-state index is -2.92. The molecule has 0 fully saturated rings. The lowest BCUT2D eigenvalue weighted by atomic mass is 10.0. The summed E-state index contributed by atoms with van der Waals surface area (Å²) in [7, 11) is 1.28. The Labute approximate surface area is 156 Å². The van der Waals surface area contributed by atoms with Crippen LogP contribution in [0.3, 0.4) is 0 Å². The van der Waals surface area contributed by atoms with E-state index in [0.29, 0.717) is 11.1 Å². The van der Waals surface area contributed by atoms with Crippen molar-refractivity contribution in [3.05, 3.63) is 70.5 Å². The maximum Gasteiger partial charge on any atom is 0.280 e. The summed E-state index contributed by atoms with van der Waals surface area (Å²) in [6, 6.07) is 7.39. The number of hydrogen-bond donors (Lipinski definition) is 1. The highest BCUT2D eigenvalue weighted by atomic mass is 35.5. The molecule has 0 aliphatic carbocycles. The second-order valence-electron chi connectivity index (χ2n) is 5.64. The van der Waals surface area contributed by atoms with Crippen molar-refractivity contribution in [3.8, 4) is 11.1 Å². The van der Waals surface area contributed by atoms with Crippen LogP contribution in [0.2, 0.25) is 5.02 Å². The van der Waals surface area contributed by atoms with Crippen molar-refractivity contribution in [2.75, 3.05) is 5.32 Å². The average Bonchev–Trinajstić information content (AvgIpc) is 2.99. The molecule has 3 rings (SSSR count). The van der Waals surface area contributed by atoms with E-state index in [0.717, 1.165) is 29.1 Å². The van der Waals surface area contributed by atoms with Crippen molar-refractivity contribution >= 4 is 23.2 Å². The number of carbonyl (C=O) groups excluding carboxylic acids is 1. The zero-order valence-electron chi connectivity index (χ0n) is 13.8. The molecule has 3 aromatic rings. The van der Waals surface area contributed by atoms with Gasteiger partial charge in [0.15, 0.2) is 0 Å². The van der Waals surface area contributed by atoms with Gasteiger partial charge in [-0.2, -0.15) is 5.10 Å². The van der Waals surface area contributed by atoms with Crippen molar-refractivity contribution < 1.29 is 22.4 Å². The highest BCUT2D eigenvalue weighted by Crippen LogP contribution is 2.32. The number of rotatable bonds is 4. The van der Waals surface area contributed by atoms with Gasteiger partial charge < -0.3 is 5.32 Å². The number of aryl methyl sites for hydroxylation is 1. The van der Waals surface area contributed by atoms with Gasteiger partial charge in [0.1, 0.15) is 17.3 Å². The number of hydrogen-bond acceptors (Lipinski definition) is 2. The third kappa shape index (κ3) is 3.80. The molecule has 0 spiro atoms. The number of nitrogens with one attached hydrogen (secondary N) is 1. The number of amides is 1. The van der Waals surface area contributed by atoms with Gasteiger partial charge in [-0.3, -0.25) is 9.48 Å². The highest BCUT2D eigenvalue weighted by Gasteiger charge is 2.24. The fraction of sp³-hybridized carbons (Fsp3) is 0.111. The van der Waals surface area contributed by atoms with E-state index in [1.807, 2.05) is 0 Å². The predicted octanol–water partition coefficient (Wildman–Crippen LogP) is 5.21. The number of benzene rings is 2. The largest absolute Gasteiger partial charge is 0.321 e. The van der Waals surface area contributed by atoms with Crippen molar-refractivity contribution in [1.29, 1.82) is 0 Å². The van der Waals surface area contributed by atoms with E-state index in [1.165, 1.54) is 25.2 Å². The van der Waals surface area contributed by atoms with Gasteiger partial charge in [-0.25, -0.2) is 17.6 Å². The van der Waals surface area contributed by atoms with E-state index in [-0.39, 0.29) is 16.3 Å². The van der Waals surface area contributed by atoms with E-state index < -0.39 is 29.7 Å². The second-order valence-corrected chi connectivity index (χ2v) is 6.05. The molecule has 2 aromatic carbocycles. The molecule has 4 nitrogen and oxygen atoms in total. The monoisotopic (exact) mass is 397 g/mol. The Morgan fingerprint density at radius 3 is 2.59 bits per heavy atom. The van der Waals surface area contributed by atoms with Crippen LogP contribution in [0.1, 0.15) is 22.5 Å². The summed E-state index contributed by atoms with van der Waals surface area (Å²) in [6.45, 7) is 0. The minimum Gasteiger partial charge on any atom is -0.321 e. The number of aromatic nitrogens is 2. The fourth-order valence-electron chi connectivity index (χ4n) is 2.61. The van der Waals surface area contributed by atoms with Crippen LogP contribution in [0.15, 0.2) is 42.6 Å². The molecule has 0 unspecified atom stereocenters. The number of alkyl halides is 2. The van der Waals surface area contributed by atoms with Crippen LogP contribution in [0.5, 0.6) is 0 Å². The third-order valence-corrected chi connectivity index (χ3v) is 4.19. The molecule has 0 saturated heterocycles. The molecule has 0 aliphatic rings. The van der Waals surface area contributed by atoms with Gasteiger partial charge in [0.05, 0.1) is 22.5 Å². The summed E-state index contributed by atoms with van der Waals surface area (Å²) in [6.07, 6.45) is -1.91. The van der Waals surface area contributed by atoms with Crippen LogP contribution in [-0.2, 0) is 7.05 Å². The average molecular weight is 398 g/mol. The topological polar surface area (TPSA) is 46.9 Å². The van der Waals surface area contributed by atoms with Gasteiger partial charge >= 0.3 is 0 Å². The molecule has 1 aromatic heterocycles. The molecular formula is C18H12ClF4N3O. The SMILES string of the molecule is Cn1ncc(C(=O)Nc2cc(F)ccc2-c2ccc(F)c(Cl)c2)c1C(F)F. The molecule has 27 heavy (non-hydrogen) atoms. The lowest BCUT2D eigenvalue weighted by Crippen LogP contribution is -2.15. The van der Waals surface area contributed by atoms with Gasteiger partial charge in [0.25, 0.3) is 12.3 Å². The maximum atomic E-state index is 13.7. The first-order valence-electron chi connectivity index (χ1n) is 7.64. The number of carbonyl (C=O) groups is 1. The molecule has 140 valence electrons. The lowest BCUT2D eigenvalue weighted by molar-refractivity contribution is 0.100. The summed E-state index contributed by atoms with van der Waals surface area (Å²) in [5.74, 6) is -2.16. The molecule has 1 amide bonds. The summed E-state index contributed by atoms with van der Waals surface area (Å²) >= 11 is 5.78. The normalized spacial score (nSPS) is 11.1. The molecule has 0 bridgehead atoms. The van der Waals surface area contributed by atoms with Crippen molar-refractivity contribution in [1.82, 2.24) is 9.78 Å². The molecule has 9 heteroatoms. The van der Waals surface area contributed by atoms with Crippen molar-refractivity contribution in [3.63, 3.8) is 0 Å². The van der Waals surface area contributed by atoms with Crippen LogP contribution in [0, 0.1) is 11.6 Å². The Hall–Kier alpha value is -2.87. The van der Waals surface area contributed by atoms with E-state index in [2.05, 4.69) is 10.4 Å². The molecule has 1 N–H and O–H groups in total. The molecule has 0 radical (unpaired) electrons. The zero-order chi connectivity index (χ0) is 19.7. The van der Waals surface area contributed by atoms with Gasteiger partial charge in [0.2, 0.25) is 0 Å². The van der Waals surface area contributed by atoms with Crippen LogP contribution < -0.4 is 5.32 Å². The molecule has 1 heterocycles. The van der Waals surface area contributed by atoms with Crippen LogP contribution in [-0.4, -0.2) is 15.7 Å². The number of halogens is 5. The summed E-state index contributed by atoms with van der Waals surface area (Å²) in [5, 5.41) is 5.92. The first-order chi connectivity index (χ1) is 12.8. The van der Waals surface area contributed by atoms with E-state index >= 15 is 0 Å². The first kappa shape index (κ1) is 18.9. The van der Waals surface area contributed by atoms with Crippen molar-refractivity contribution in [2.45, 2.75) is 6.43 Å².